The Morgan fingerprint density at radius 3 is 2.57 bits per heavy atom. The number of halogens is 2. The van der Waals surface area contributed by atoms with Crippen molar-refractivity contribution in [2.45, 2.75) is 11.5 Å². The van der Waals surface area contributed by atoms with Crippen molar-refractivity contribution in [1.82, 2.24) is 4.72 Å². The number of rotatable bonds is 9. The first-order valence-corrected chi connectivity index (χ1v) is 8.31. The van der Waals surface area contributed by atoms with Crippen LogP contribution in [-0.2, 0) is 26.1 Å². The van der Waals surface area contributed by atoms with Gasteiger partial charge in [0.15, 0.2) is 0 Å². The second kappa shape index (κ2) is 8.89. The molecule has 0 heterocycles. The van der Waals surface area contributed by atoms with Crippen molar-refractivity contribution in [2.75, 3.05) is 33.5 Å². The standard InChI is InChI=1S/C12H17Cl2NO5S/c1-19-4-5-20-3-2-15-21(17,18)11-7-10(13)6-9(8-16)12(11)14/h6-7,15-16H,2-5,8H2,1H3. The molecule has 21 heavy (non-hydrogen) atoms. The lowest BCUT2D eigenvalue weighted by molar-refractivity contribution is 0.0736. The molecule has 1 aromatic carbocycles. The molecule has 6 nitrogen and oxygen atoms in total. The number of ether oxygens (including phenoxy) is 2. The van der Waals surface area contributed by atoms with Gasteiger partial charge in [-0.15, -0.1) is 0 Å². The molecule has 0 amide bonds. The van der Waals surface area contributed by atoms with Gasteiger partial charge in [0.2, 0.25) is 10.0 Å². The molecule has 2 N–H and O–H groups in total. The van der Waals surface area contributed by atoms with E-state index in [1.165, 1.54) is 12.1 Å². The highest BCUT2D eigenvalue weighted by Gasteiger charge is 2.20. The number of aliphatic hydroxyl groups excluding tert-OH is 1. The van der Waals surface area contributed by atoms with Crippen LogP contribution in [0.1, 0.15) is 5.56 Å². The largest absolute Gasteiger partial charge is 0.392 e. The molecular formula is C12H17Cl2NO5S. The molecule has 0 aliphatic carbocycles. The van der Waals surface area contributed by atoms with Gasteiger partial charge in [0.05, 0.1) is 31.5 Å². The average Bonchev–Trinajstić information content (AvgIpc) is 2.44. The molecule has 0 bridgehead atoms. The summed E-state index contributed by atoms with van der Waals surface area (Å²) in [6.45, 7) is 0.705. The topological polar surface area (TPSA) is 84.9 Å². The molecule has 1 aromatic rings. The van der Waals surface area contributed by atoms with E-state index < -0.39 is 16.6 Å². The van der Waals surface area contributed by atoms with Crippen LogP contribution < -0.4 is 4.72 Å². The molecule has 0 spiro atoms. The third-order valence-corrected chi connectivity index (χ3v) is 4.77. The van der Waals surface area contributed by atoms with Crippen molar-refractivity contribution in [2.24, 2.45) is 0 Å². The lowest BCUT2D eigenvalue weighted by Gasteiger charge is -2.11. The highest BCUT2D eigenvalue weighted by atomic mass is 35.5. The summed E-state index contributed by atoms with van der Waals surface area (Å²) in [5.41, 5.74) is 0.251. The molecule has 0 unspecified atom stereocenters. The van der Waals surface area contributed by atoms with Gasteiger partial charge in [-0.3, -0.25) is 0 Å². The Morgan fingerprint density at radius 1 is 1.24 bits per heavy atom. The first-order valence-electron chi connectivity index (χ1n) is 6.07. The molecule has 0 aromatic heterocycles. The minimum absolute atomic E-state index is 0.0466. The minimum atomic E-state index is -3.83. The first-order chi connectivity index (χ1) is 9.92. The Hall–Kier alpha value is -0.410. The molecule has 0 fully saturated rings. The zero-order valence-electron chi connectivity index (χ0n) is 11.4. The Morgan fingerprint density at radius 2 is 1.95 bits per heavy atom. The van der Waals surface area contributed by atoms with Gasteiger partial charge in [0.25, 0.3) is 0 Å². The van der Waals surface area contributed by atoms with Crippen molar-refractivity contribution >= 4 is 33.2 Å². The zero-order chi connectivity index (χ0) is 15.9. The molecule has 0 atom stereocenters. The van der Waals surface area contributed by atoms with Gasteiger partial charge in [0, 0.05) is 18.7 Å². The van der Waals surface area contributed by atoms with Crippen LogP contribution in [0.2, 0.25) is 10.0 Å². The van der Waals surface area contributed by atoms with E-state index in [9.17, 15) is 8.42 Å². The summed E-state index contributed by atoms with van der Waals surface area (Å²) in [4.78, 5) is -0.169. The summed E-state index contributed by atoms with van der Waals surface area (Å²) in [6, 6.07) is 2.65. The summed E-state index contributed by atoms with van der Waals surface area (Å²) < 4.78 is 36.6. The Bertz CT molecular complexity index is 565. The fourth-order valence-electron chi connectivity index (χ4n) is 1.50. The summed E-state index contributed by atoms with van der Waals surface area (Å²) in [5.74, 6) is 0. The highest BCUT2D eigenvalue weighted by Crippen LogP contribution is 2.29. The summed E-state index contributed by atoms with van der Waals surface area (Å²) in [7, 11) is -2.28. The Balaban J connectivity index is 2.72. The quantitative estimate of drug-likeness (QED) is 0.653. The lowest BCUT2D eigenvalue weighted by Crippen LogP contribution is -2.28. The third-order valence-electron chi connectivity index (χ3n) is 2.51. The predicted octanol–water partition coefficient (Wildman–Crippen LogP) is 1.43. The second-order valence-electron chi connectivity index (χ2n) is 4.04. The fourth-order valence-corrected chi connectivity index (χ4v) is 3.43. The molecular weight excluding hydrogens is 341 g/mol. The van der Waals surface area contributed by atoms with Crippen molar-refractivity contribution < 1.29 is 23.0 Å². The van der Waals surface area contributed by atoms with Crippen molar-refractivity contribution in [3.05, 3.63) is 27.7 Å². The van der Waals surface area contributed by atoms with E-state index in [-0.39, 0.29) is 33.7 Å². The van der Waals surface area contributed by atoms with E-state index in [2.05, 4.69) is 4.72 Å². The van der Waals surface area contributed by atoms with Crippen LogP contribution in [0.4, 0.5) is 0 Å². The van der Waals surface area contributed by atoms with Crippen LogP contribution in [0.3, 0.4) is 0 Å². The Labute approximate surface area is 134 Å². The number of sulfonamides is 1. The van der Waals surface area contributed by atoms with Gasteiger partial charge in [-0.05, 0) is 17.7 Å². The molecule has 1 rings (SSSR count). The van der Waals surface area contributed by atoms with Gasteiger partial charge in [-0.1, -0.05) is 23.2 Å². The van der Waals surface area contributed by atoms with E-state index in [0.717, 1.165) is 0 Å². The van der Waals surface area contributed by atoms with Crippen LogP contribution in [-0.4, -0.2) is 47.0 Å². The predicted molar refractivity (Wildman–Crippen MR) is 80.3 cm³/mol. The molecule has 0 radical (unpaired) electrons. The molecule has 0 saturated carbocycles. The number of nitrogens with one attached hydrogen (secondary N) is 1. The zero-order valence-corrected chi connectivity index (χ0v) is 13.8. The smallest absolute Gasteiger partial charge is 0.242 e. The van der Waals surface area contributed by atoms with Gasteiger partial charge < -0.3 is 14.6 Å². The van der Waals surface area contributed by atoms with E-state index in [4.69, 9.17) is 37.8 Å². The minimum Gasteiger partial charge on any atom is -0.392 e. The average molecular weight is 358 g/mol. The first kappa shape index (κ1) is 18.6. The van der Waals surface area contributed by atoms with Crippen LogP contribution in [0, 0.1) is 0 Å². The van der Waals surface area contributed by atoms with Crippen molar-refractivity contribution in [3.8, 4) is 0 Å². The number of methoxy groups -OCH3 is 1. The van der Waals surface area contributed by atoms with E-state index in [1.807, 2.05) is 0 Å². The van der Waals surface area contributed by atoms with E-state index >= 15 is 0 Å². The fraction of sp³-hybridized carbons (Fsp3) is 0.500. The number of benzene rings is 1. The maximum Gasteiger partial charge on any atom is 0.242 e. The SMILES string of the molecule is COCCOCCNS(=O)(=O)c1cc(Cl)cc(CO)c1Cl. The number of aliphatic hydroxyl groups is 1. The van der Waals surface area contributed by atoms with E-state index in [0.29, 0.717) is 13.2 Å². The summed E-state index contributed by atoms with van der Waals surface area (Å²) in [6.07, 6.45) is 0. The van der Waals surface area contributed by atoms with Crippen LogP contribution in [0.15, 0.2) is 17.0 Å². The summed E-state index contributed by atoms with van der Waals surface area (Å²) >= 11 is 11.8. The molecule has 0 aliphatic heterocycles. The summed E-state index contributed by atoms with van der Waals surface area (Å²) in [5, 5.41) is 9.27. The highest BCUT2D eigenvalue weighted by molar-refractivity contribution is 7.89. The normalized spacial score (nSPS) is 11.8. The van der Waals surface area contributed by atoms with Gasteiger partial charge in [-0.2, -0.15) is 0 Å². The third kappa shape index (κ3) is 5.71. The van der Waals surface area contributed by atoms with E-state index in [1.54, 1.807) is 7.11 Å². The van der Waals surface area contributed by atoms with Gasteiger partial charge in [-0.25, -0.2) is 13.1 Å². The maximum atomic E-state index is 12.1. The molecule has 0 saturated heterocycles. The molecule has 0 aliphatic rings. The van der Waals surface area contributed by atoms with Crippen LogP contribution in [0.25, 0.3) is 0 Å². The monoisotopic (exact) mass is 357 g/mol. The Kier molecular flexibility index (Phi) is 7.89. The van der Waals surface area contributed by atoms with Crippen LogP contribution in [0.5, 0.6) is 0 Å². The van der Waals surface area contributed by atoms with Gasteiger partial charge in [0.1, 0.15) is 4.90 Å². The molecule has 9 heteroatoms. The number of hydrogen-bond donors (Lipinski definition) is 2. The molecule has 120 valence electrons. The number of hydrogen-bond acceptors (Lipinski definition) is 5. The van der Waals surface area contributed by atoms with Gasteiger partial charge >= 0.3 is 0 Å². The second-order valence-corrected chi connectivity index (χ2v) is 6.59. The van der Waals surface area contributed by atoms with Crippen LogP contribution >= 0.6 is 23.2 Å². The maximum absolute atomic E-state index is 12.1. The lowest BCUT2D eigenvalue weighted by atomic mass is 10.2. The van der Waals surface area contributed by atoms with Crippen molar-refractivity contribution in [3.63, 3.8) is 0 Å². The van der Waals surface area contributed by atoms with Crippen molar-refractivity contribution in [1.29, 1.82) is 0 Å².